The van der Waals surface area contributed by atoms with Gasteiger partial charge in [0.2, 0.25) is 5.91 Å². The Kier molecular flexibility index (Phi) is 5.61. The maximum atomic E-state index is 12.3. The van der Waals surface area contributed by atoms with E-state index in [0.717, 1.165) is 39.4 Å². The van der Waals surface area contributed by atoms with Crippen LogP contribution in [0.3, 0.4) is 0 Å². The molecule has 0 aliphatic heterocycles. The Morgan fingerprint density at radius 2 is 1.55 bits per heavy atom. The van der Waals surface area contributed by atoms with Gasteiger partial charge in [0.05, 0.1) is 11.0 Å². The molecule has 2 N–H and O–H groups in total. The normalized spacial score (nSPS) is 11.4. The Morgan fingerprint density at radius 1 is 0.848 bits per heavy atom. The van der Waals surface area contributed by atoms with E-state index in [2.05, 4.69) is 41.8 Å². The molecule has 1 heterocycles. The number of aryl methyl sites for hydroxylation is 1. The molecule has 33 heavy (non-hydrogen) atoms. The molecule has 0 aliphatic carbocycles. The summed E-state index contributed by atoms with van der Waals surface area (Å²) in [5.74, 6) is -0.438. The highest BCUT2D eigenvalue weighted by molar-refractivity contribution is 6.39. The Balaban J connectivity index is 1.84. The van der Waals surface area contributed by atoms with Crippen molar-refractivity contribution in [3.63, 3.8) is 0 Å². The van der Waals surface area contributed by atoms with Crippen LogP contribution in [0.4, 0.5) is 0 Å². The third-order valence-corrected chi connectivity index (χ3v) is 6.87. The van der Waals surface area contributed by atoms with Gasteiger partial charge in [-0.1, -0.05) is 78.7 Å². The Hall–Kier alpha value is -3.27. The first-order valence-corrected chi connectivity index (χ1v) is 11.6. The van der Waals surface area contributed by atoms with Gasteiger partial charge in [0, 0.05) is 38.5 Å². The lowest BCUT2D eigenvalue weighted by Crippen LogP contribution is -2.11. The van der Waals surface area contributed by atoms with Gasteiger partial charge in [0.15, 0.2) is 0 Å². The summed E-state index contributed by atoms with van der Waals surface area (Å²) >= 11 is 13.0. The molecular weight excluding hydrogens is 451 g/mol. The van der Waals surface area contributed by atoms with Gasteiger partial charge in [-0.15, -0.1) is 0 Å². The summed E-state index contributed by atoms with van der Waals surface area (Å²) in [4.78, 5) is 12.3. The number of rotatable bonds is 5. The first-order valence-electron chi connectivity index (χ1n) is 10.9. The number of amides is 1. The zero-order valence-corrected chi connectivity index (χ0v) is 19.6. The van der Waals surface area contributed by atoms with Crippen LogP contribution in [0.25, 0.3) is 32.9 Å². The van der Waals surface area contributed by atoms with Crippen LogP contribution in [-0.2, 0) is 13.0 Å². The van der Waals surface area contributed by atoms with Crippen molar-refractivity contribution in [1.29, 1.82) is 0 Å². The van der Waals surface area contributed by atoms with E-state index in [0.29, 0.717) is 22.2 Å². The molecule has 0 bridgehead atoms. The van der Waals surface area contributed by atoms with Gasteiger partial charge in [-0.05, 0) is 53.4 Å². The fourth-order valence-corrected chi connectivity index (χ4v) is 5.29. The molecule has 0 saturated heterocycles. The van der Waals surface area contributed by atoms with Gasteiger partial charge in [0.25, 0.3) is 0 Å². The molecule has 1 amide bonds. The molecule has 0 fully saturated rings. The smallest absolute Gasteiger partial charge is 0.249 e. The molecule has 4 aromatic carbocycles. The summed E-state index contributed by atoms with van der Waals surface area (Å²) in [6.07, 6.45) is 0.945. The standard InChI is InChI=1S/C28H22Cl2N2O/c1-2-17-7-3-4-8-19(17)16-32-24-12-5-9-21(28(31)33)27(24)20-14-13-18(15-25(20)32)26-22(29)10-6-11-23(26)30/h3-15H,2,16H2,1H3,(H2,31,33). The average Bonchev–Trinajstić information content (AvgIpc) is 3.12. The predicted octanol–water partition coefficient (Wildman–Crippen LogP) is 7.48. The third kappa shape index (κ3) is 3.68. The predicted molar refractivity (Wildman–Crippen MR) is 138 cm³/mol. The van der Waals surface area contributed by atoms with Crippen LogP contribution in [0.15, 0.2) is 78.9 Å². The molecule has 5 rings (SSSR count). The minimum atomic E-state index is -0.438. The van der Waals surface area contributed by atoms with Crippen molar-refractivity contribution < 1.29 is 4.79 Å². The molecular formula is C28H22Cl2N2O. The van der Waals surface area contributed by atoms with Crippen molar-refractivity contribution in [1.82, 2.24) is 4.57 Å². The molecule has 0 saturated carbocycles. The second-order valence-corrected chi connectivity index (χ2v) is 8.92. The van der Waals surface area contributed by atoms with Crippen LogP contribution in [0.1, 0.15) is 28.4 Å². The topological polar surface area (TPSA) is 48.0 Å². The largest absolute Gasteiger partial charge is 0.366 e. The highest BCUT2D eigenvalue weighted by Gasteiger charge is 2.19. The molecule has 1 aromatic heterocycles. The highest BCUT2D eigenvalue weighted by atomic mass is 35.5. The van der Waals surface area contributed by atoms with Gasteiger partial charge in [-0.2, -0.15) is 0 Å². The first kappa shape index (κ1) is 21.6. The summed E-state index contributed by atoms with van der Waals surface area (Å²) in [5, 5.41) is 3.03. The second kappa shape index (κ2) is 8.58. The van der Waals surface area contributed by atoms with E-state index in [1.54, 1.807) is 6.07 Å². The Labute approximate surface area is 202 Å². The number of carbonyl (C=O) groups is 1. The molecule has 0 unspecified atom stereocenters. The van der Waals surface area contributed by atoms with Crippen molar-refractivity contribution in [2.75, 3.05) is 0 Å². The first-order chi connectivity index (χ1) is 16.0. The minimum Gasteiger partial charge on any atom is -0.366 e. The second-order valence-electron chi connectivity index (χ2n) is 8.10. The van der Waals surface area contributed by atoms with E-state index in [1.807, 2.05) is 42.5 Å². The van der Waals surface area contributed by atoms with E-state index in [9.17, 15) is 4.79 Å². The molecule has 5 heteroatoms. The van der Waals surface area contributed by atoms with Crippen molar-refractivity contribution >= 4 is 50.9 Å². The number of carbonyl (C=O) groups excluding carboxylic acids is 1. The summed E-state index contributed by atoms with van der Waals surface area (Å²) in [6.45, 7) is 2.83. The van der Waals surface area contributed by atoms with Gasteiger partial charge in [-0.25, -0.2) is 0 Å². The number of benzene rings is 4. The summed E-state index contributed by atoms with van der Waals surface area (Å²) in [5.41, 5.74) is 12.5. The molecule has 0 atom stereocenters. The van der Waals surface area contributed by atoms with E-state index < -0.39 is 5.91 Å². The average molecular weight is 473 g/mol. The van der Waals surface area contributed by atoms with Crippen LogP contribution >= 0.6 is 23.2 Å². The van der Waals surface area contributed by atoms with Crippen LogP contribution < -0.4 is 5.73 Å². The summed E-state index contributed by atoms with van der Waals surface area (Å²) in [6, 6.07) is 25.8. The lowest BCUT2D eigenvalue weighted by Gasteiger charge is -2.13. The van der Waals surface area contributed by atoms with Crippen molar-refractivity contribution in [2.45, 2.75) is 19.9 Å². The number of nitrogens with zero attached hydrogens (tertiary/aromatic N) is 1. The van der Waals surface area contributed by atoms with E-state index >= 15 is 0 Å². The molecule has 3 nitrogen and oxygen atoms in total. The number of primary amides is 1. The molecule has 0 spiro atoms. The number of hydrogen-bond donors (Lipinski definition) is 1. The van der Waals surface area contributed by atoms with Gasteiger partial charge in [0.1, 0.15) is 0 Å². The molecule has 0 aliphatic rings. The van der Waals surface area contributed by atoms with Gasteiger partial charge >= 0.3 is 0 Å². The SMILES string of the molecule is CCc1ccccc1Cn1c2cc(-c3c(Cl)cccc3Cl)ccc2c2c(C(N)=O)cccc21. The maximum Gasteiger partial charge on any atom is 0.249 e. The van der Waals surface area contributed by atoms with E-state index in [-0.39, 0.29) is 0 Å². The Morgan fingerprint density at radius 3 is 2.24 bits per heavy atom. The number of hydrogen-bond acceptors (Lipinski definition) is 1. The van der Waals surface area contributed by atoms with Gasteiger partial charge < -0.3 is 10.3 Å². The summed E-state index contributed by atoms with van der Waals surface area (Å²) < 4.78 is 2.25. The zero-order valence-electron chi connectivity index (χ0n) is 18.1. The lowest BCUT2D eigenvalue weighted by molar-refractivity contribution is 0.100. The van der Waals surface area contributed by atoms with Crippen molar-refractivity contribution in [2.24, 2.45) is 5.73 Å². The number of nitrogens with two attached hydrogens (primary N) is 1. The lowest BCUT2D eigenvalue weighted by atomic mass is 10.0. The zero-order chi connectivity index (χ0) is 23.1. The van der Waals surface area contributed by atoms with E-state index in [4.69, 9.17) is 28.9 Å². The van der Waals surface area contributed by atoms with Crippen LogP contribution in [0.2, 0.25) is 10.0 Å². The monoisotopic (exact) mass is 472 g/mol. The van der Waals surface area contributed by atoms with Gasteiger partial charge in [-0.3, -0.25) is 4.79 Å². The minimum absolute atomic E-state index is 0.438. The maximum absolute atomic E-state index is 12.3. The van der Waals surface area contributed by atoms with Crippen LogP contribution in [0.5, 0.6) is 0 Å². The summed E-state index contributed by atoms with van der Waals surface area (Å²) in [7, 11) is 0. The third-order valence-electron chi connectivity index (χ3n) is 6.24. The number of fused-ring (bicyclic) bond motifs is 3. The molecule has 0 radical (unpaired) electrons. The number of aromatic nitrogens is 1. The fourth-order valence-electron chi connectivity index (χ4n) is 4.68. The fraction of sp³-hybridized carbons (Fsp3) is 0.107. The van der Waals surface area contributed by atoms with Crippen LogP contribution in [0, 0.1) is 0 Å². The van der Waals surface area contributed by atoms with E-state index in [1.165, 1.54) is 11.1 Å². The van der Waals surface area contributed by atoms with Crippen LogP contribution in [-0.4, -0.2) is 10.5 Å². The number of halogens is 2. The van der Waals surface area contributed by atoms with Crippen molar-refractivity contribution in [3.8, 4) is 11.1 Å². The molecule has 5 aromatic rings. The van der Waals surface area contributed by atoms with Crippen molar-refractivity contribution in [3.05, 3.63) is 106 Å². The Bertz CT molecular complexity index is 1510. The quantitative estimate of drug-likeness (QED) is 0.283. The highest BCUT2D eigenvalue weighted by Crippen LogP contribution is 2.39. The molecule has 164 valence electrons.